The number of hydrogen-bond acceptors (Lipinski definition) is 3. The number of carbonyl (C=O) groups is 1. The van der Waals surface area contributed by atoms with E-state index in [2.05, 4.69) is 0 Å². The normalized spacial score (nSPS) is 22.1. The van der Waals surface area contributed by atoms with E-state index in [1.165, 1.54) is 19.2 Å². The number of ether oxygens (including phenoxy) is 1. The van der Waals surface area contributed by atoms with Crippen LogP contribution in [-0.4, -0.2) is 42.7 Å². The highest BCUT2D eigenvalue weighted by Crippen LogP contribution is 2.32. The minimum absolute atomic E-state index is 0.00867. The molecule has 23 heavy (non-hydrogen) atoms. The molecule has 0 bridgehead atoms. The van der Waals surface area contributed by atoms with Gasteiger partial charge in [-0.05, 0) is 30.5 Å². The van der Waals surface area contributed by atoms with Gasteiger partial charge < -0.3 is 15.4 Å². The first-order chi connectivity index (χ1) is 10.7. The SMILES string of the molecule is COc1ccc(CC(=O)N2C[C@H](N)CC[C@@H]2C(F)(F)F)cc1F. The van der Waals surface area contributed by atoms with E-state index in [1.54, 1.807) is 0 Å². The van der Waals surface area contributed by atoms with E-state index in [9.17, 15) is 22.4 Å². The molecule has 0 radical (unpaired) electrons. The van der Waals surface area contributed by atoms with Crippen LogP contribution in [0.3, 0.4) is 0 Å². The summed E-state index contributed by atoms with van der Waals surface area (Å²) in [7, 11) is 1.30. The molecule has 0 aliphatic carbocycles. The fourth-order valence-electron chi connectivity index (χ4n) is 2.71. The third kappa shape index (κ3) is 4.13. The fourth-order valence-corrected chi connectivity index (χ4v) is 2.71. The topological polar surface area (TPSA) is 55.6 Å². The fraction of sp³-hybridized carbons (Fsp3) is 0.533. The van der Waals surface area contributed by atoms with Gasteiger partial charge in [-0.3, -0.25) is 4.79 Å². The second-order valence-electron chi connectivity index (χ2n) is 5.59. The molecular formula is C15H18F4N2O2. The van der Waals surface area contributed by atoms with Crippen molar-refractivity contribution < 1.29 is 27.1 Å². The van der Waals surface area contributed by atoms with Crippen LogP contribution in [0.1, 0.15) is 18.4 Å². The smallest absolute Gasteiger partial charge is 0.408 e. The molecule has 0 aromatic heterocycles. The maximum Gasteiger partial charge on any atom is 0.408 e. The van der Waals surface area contributed by atoms with Crippen molar-refractivity contribution >= 4 is 5.91 Å². The van der Waals surface area contributed by atoms with Crippen LogP contribution in [0.15, 0.2) is 18.2 Å². The molecular weight excluding hydrogens is 316 g/mol. The Morgan fingerprint density at radius 3 is 2.65 bits per heavy atom. The molecule has 1 aliphatic rings. The average Bonchev–Trinajstić information content (AvgIpc) is 2.46. The summed E-state index contributed by atoms with van der Waals surface area (Å²) in [6.07, 6.45) is -4.82. The Bertz CT molecular complexity index is 577. The summed E-state index contributed by atoms with van der Waals surface area (Å²) in [6, 6.07) is 1.56. The second-order valence-corrected chi connectivity index (χ2v) is 5.59. The van der Waals surface area contributed by atoms with Crippen molar-refractivity contribution in [1.29, 1.82) is 0 Å². The Kier molecular flexibility index (Phi) is 5.13. The van der Waals surface area contributed by atoms with Crippen molar-refractivity contribution in [3.05, 3.63) is 29.6 Å². The van der Waals surface area contributed by atoms with Crippen LogP contribution in [0.2, 0.25) is 0 Å². The second kappa shape index (κ2) is 6.74. The third-order valence-corrected chi connectivity index (χ3v) is 3.89. The van der Waals surface area contributed by atoms with Crippen molar-refractivity contribution in [3.8, 4) is 5.75 Å². The number of likely N-dealkylation sites (tertiary alicyclic amines) is 1. The van der Waals surface area contributed by atoms with E-state index in [-0.39, 0.29) is 37.1 Å². The molecule has 2 N–H and O–H groups in total. The molecule has 1 aromatic carbocycles. The van der Waals surface area contributed by atoms with Gasteiger partial charge in [0.1, 0.15) is 6.04 Å². The summed E-state index contributed by atoms with van der Waals surface area (Å²) in [4.78, 5) is 13.0. The maximum absolute atomic E-state index is 13.6. The highest BCUT2D eigenvalue weighted by atomic mass is 19.4. The van der Waals surface area contributed by atoms with Crippen LogP contribution in [0.4, 0.5) is 17.6 Å². The van der Waals surface area contributed by atoms with E-state index in [0.29, 0.717) is 0 Å². The first-order valence-electron chi connectivity index (χ1n) is 7.16. The molecule has 2 atom stereocenters. The number of carbonyl (C=O) groups excluding carboxylic acids is 1. The van der Waals surface area contributed by atoms with Crippen molar-refractivity contribution in [3.63, 3.8) is 0 Å². The van der Waals surface area contributed by atoms with Gasteiger partial charge in [0.15, 0.2) is 11.6 Å². The van der Waals surface area contributed by atoms with Gasteiger partial charge in [-0.15, -0.1) is 0 Å². The highest BCUT2D eigenvalue weighted by Gasteiger charge is 2.47. The Morgan fingerprint density at radius 2 is 2.09 bits per heavy atom. The van der Waals surface area contributed by atoms with Gasteiger partial charge in [-0.25, -0.2) is 4.39 Å². The Morgan fingerprint density at radius 1 is 1.39 bits per heavy atom. The summed E-state index contributed by atoms with van der Waals surface area (Å²) in [5.41, 5.74) is 5.97. The number of nitrogens with two attached hydrogens (primary N) is 1. The van der Waals surface area contributed by atoms with Gasteiger partial charge in [0, 0.05) is 12.6 Å². The lowest BCUT2D eigenvalue weighted by Gasteiger charge is -2.39. The number of amides is 1. The number of piperidine rings is 1. The van der Waals surface area contributed by atoms with E-state index >= 15 is 0 Å². The van der Waals surface area contributed by atoms with Crippen LogP contribution in [0.25, 0.3) is 0 Å². The average molecular weight is 334 g/mol. The van der Waals surface area contributed by atoms with Crippen LogP contribution in [-0.2, 0) is 11.2 Å². The monoisotopic (exact) mass is 334 g/mol. The largest absolute Gasteiger partial charge is 0.494 e. The van der Waals surface area contributed by atoms with Crippen molar-refractivity contribution in [2.24, 2.45) is 5.73 Å². The molecule has 8 heteroatoms. The molecule has 1 aliphatic heterocycles. The van der Waals surface area contributed by atoms with Crippen molar-refractivity contribution in [2.75, 3.05) is 13.7 Å². The van der Waals surface area contributed by atoms with Gasteiger partial charge in [0.05, 0.1) is 13.5 Å². The molecule has 1 saturated heterocycles. The number of benzene rings is 1. The number of alkyl halides is 3. The lowest BCUT2D eigenvalue weighted by molar-refractivity contribution is -0.196. The molecule has 2 rings (SSSR count). The lowest BCUT2D eigenvalue weighted by atomic mass is 9.97. The molecule has 0 saturated carbocycles. The lowest BCUT2D eigenvalue weighted by Crippen LogP contribution is -2.57. The van der Waals surface area contributed by atoms with Crippen molar-refractivity contribution in [2.45, 2.75) is 37.5 Å². The van der Waals surface area contributed by atoms with Gasteiger partial charge >= 0.3 is 6.18 Å². The van der Waals surface area contributed by atoms with Gasteiger partial charge in [0.2, 0.25) is 5.91 Å². The first kappa shape index (κ1) is 17.5. The summed E-state index contributed by atoms with van der Waals surface area (Å²) < 4.78 is 57.6. The molecule has 1 heterocycles. The molecule has 128 valence electrons. The highest BCUT2D eigenvalue weighted by molar-refractivity contribution is 5.79. The summed E-state index contributed by atoms with van der Waals surface area (Å²) in [5, 5.41) is 0. The van der Waals surface area contributed by atoms with Crippen molar-refractivity contribution in [1.82, 2.24) is 4.90 Å². The predicted molar refractivity (Wildman–Crippen MR) is 75.4 cm³/mol. The van der Waals surface area contributed by atoms with Gasteiger partial charge in [0.25, 0.3) is 0 Å². The standard InChI is InChI=1S/C15H18F4N2O2/c1-23-12-4-2-9(6-11(12)16)7-14(22)21-8-10(20)3-5-13(21)15(17,18)19/h2,4,6,10,13H,3,5,7-8,20H2,1H3/t10-,13-/m1/s1. The zero-order valence-corrected chi connectivity index (χ0v) is 12.6. The Labute approximate surface area is 131 Å². The molecule has 1 fully saturated rings. The maximum atomic E-state index is 13.6. The number of halogens is 4. The van der Waals surface area contributed by atoms with Crippen LogP contribution >= 0.6 is 0 Å². The Balaban J connectivity index is 2.15. The third-order valence-electron chi connectivity index (χ3n) is 3.89. The predicted octanol–water partition coefficient (Wildman–Crippen LogP) is 2.26. The summed E-state index contributed by atoms with van der Waals surface area (Å²) in [6.45, 7) is -0.151. The number of rotatable bonds is 3. The number of nitrogens with zero attached hydrogens (tertiary/aromatic N) is 1. The van der Waals surface area contributed by atoms with Gasteiger partial charge in [-0.2, -0.15) is 13.2 Å². The van der Waals surface area contributed by atoms with E-state index in [0.717, 1.165) is 11.0 Å². The molecule has 0 unspecified atom stereocenters. The summed E-state index contributed by atoms with van der Waals surface area (Å²) in [5.74, 6) is -1.37. The molecule has 1 aromatic rings. The minimum atomic E-state index is -4.50. The molecule has 0 spiro atoms. The Hall–Kier alpha value is -1.83. The van der Waals surface area contributed by atoms with E-state index in [1.807, 2.05) is 0 Å². The number of methoxy groups -OCH3 is 1. The zero-order valence-electron chi connectivity index (χ0n) is 12.6. The zero-order chi connectivity index (χ0) is 17.2. The van der Waals surface area contributed by atoms with E-state index in [4.69, 9.17) is 10.5 Å². The number of hydrogen-bond donors (Lipinski definition) is 1. The summed E-state index contributed by atoms with van der Waals surface area (Å²) >= 11 is 0. The minimum Gasteiger partial charge on any atom is -0.494 e. The molecule has 1 amide bonds. The quantitative estimate of drug-likeness (QED) is 0.863. The van der Waals surface area contributed by atoms with Crippen LogP contribution < -0.4 is 10.5 Å². The molecule has 4 nitrogen and oxygen atoms in total. The van der Waals surface area contributed by atoms with E-state index < -0.39 is 30.0 Å². The van der Waals surface area contributed by atoms with Crippen LogP contribution in [0, 0.1) is 5.82 Å². The van der Waals surface area contributed by atoms with Crippen LogP contribution in [0.5, 0.6) is 5.75 Å². The van der Waals surface area contributed by atoms with Gasteiger partial charge in [-0.1, -0.05) is 6.07 Å². The first-order valence-corrected chi connectivity index (χ1v) is 7.16.